The number of hydrogen-bond donors (Lipinski definition) is 2. The van der Waals surface area contributed by atoms with Crippen LogP contribution in [0.2, 0.25) is 0 Å². The molecule has 0 radical (unpaired) electrons. The Hall–Kier alpha value is -3.09. The van der Waals surface area contributed by atoms with Crippen LogP contribution in [0.25, 0.3) is 5.65 Å². The third kappa shape index (κ3) is 4.34. The van der Waals surface area contributed by atoms with E-state index in [1.807, 2.05) is 42.6 Å². The van der Waals surface area contributed by atoms with E-state index in [0.717, 1.165) is 28.4 Å². The number of furan rings is 1. The largest absolute Gasteiger partial charge is 0.469 e. The van der Waals surface area contributed by atoms with Gasteiger partial charge in [0, 0.05) is 36.7 Å². The fourth-order valence-electron chi connectivity index (χ4n) is 4.12. The van der Waals surface area contributed by atoms with Gasteiger partial charge in [-0.25, -0.2) is 4.98 Å². The molecule has 3 aromatic heterocycles. The van der Waals surface area contributed by atoms with Crippen LogP contribution < -0.4 is 10.6 Å². The molecule has 7 nitrogen and oxygen atoms in total. The number of aryl methyl sites for hydroxylation is 2. The molecule has 0 saturated carbocycles. The molecule has 1 atom stereocenters. The lowest BCUT2D eigenvalue weighted by Gasteiger charge is -2.28. The summed E-state index contributed by atoms with van der Waals surface area (Å²) in [5, 5.41) is 6.02. The summed E-state index contributed by atoms with van der Waals surface area (Å²) in [5.74, 6) is 0.810. The third-order valence-corrected chi connectivity index (χ3v) is 5.58. The van der Waals surface area contributed by atoms with Gasteiger partial charge in [-0.05, 0) is 56.5 Å². The highest BCUT2D eigenvalue weighted by atomic mass is 16.3. The van der Waals surface area contributed by atoms with Crippen LogP contribution in [-0.2, 0) is 22.6 Å². The van der Waals surface area contributed by atoms with Gasteiger partial charge in [0.2, 0.25) is 11.8 Å². The SMILES string of the molecule is Cc1cc(C)n2cc(CNC(=O)CCC3(Cc4ccco4)CCC(=O)N3)nc2c1. The van der Waals surface area contributed by atoms with Crippen molar-refractivity contribution in [1.82, 2.24) is 20.0 Å². The van der Waals surface area contributed by atoms with Gasteiger partial charge in [0.1, 0.15) is 11.4 Å². The summed E-state index contributed by atoms with van der Waals surface area (Å²) in [4.78, 5) is 28.9. The number of carbonyl (C=O) groups excluding carboxylic acids is 2. The number of pyridine rings is 1. The number of carbonyl (C=O) groups is 2. The van der Waals surface area contributed by atoms with E-state index in [2.05, 4.69) is 21.7 Å². The Balaban J connectivity index is 1.35. The first kappa shape index (κ1) is 19.2. The van der Waals surface area contributed by atoms with E-state index in [0.29, 0.717) is 38.6 Å². The molecule has 152 valence electrons. The molecule has 0 bridgehead atoms. The molecule has 0 aliphatic carbocycles. The highest BCUT2D eigenvalue weighted by Gasteiger charge is 2.38. The molecule has 7 heteroatoms. The van der Waals surface area contributed by atoms with Crippen molar-refractivity contribution in [3.05, 3.63) is 59.4 Å². The number of amides is 2. The van der Waals surface area contributed by atoms with Crippen LogP contribution in [0, 0.1) is 13.8 Å². The maximum absolute atomic E-state index is 12.5. The number of nitrogens with zero attached hydrogens (tertiary/aromatic N) is 2. The molecule has 1 saturated heterocycles. The number of hydrogen-bond acceptors (Lipinski definition) is 4. The van der Waals surface area contributed by atoms with E-state index in [1.54, 1.807) is 6.26 Å². The van der Waals surface area contributed by atoms with Crippen molar-refractivity contribution in [3.8, 4) is 0 Å². The topological polar surface area (TPSA) is 88.6 Å². The Kier molecular flexibility index (Phi) is 5.13. The molecule has 2 amide bonds. The molecule has 1 aliphatic rings. The molecule has 1 aliphatic heterocycles. The summed E-state index contributed by atoms with van der Waals surface area (Å²) in [6.07, 6.45) is 6.31. The van der Waals surface area contributed by atoms with E-state index >= 15 is 0 Å². The maximum atomic E-state index is 12.5. The molecule has 4 rings (SSSR count). The Morgan fingerprint density at radius 1 is 1.38 bits per heavy atom. The molecule has 0 spiro atoms. The zero-order chi connectivity index (χ0) is 20.4. The zero-order valence-electron chi connectivity index (χ0n) is 16.8. The van der Waals surface area contributed by atoms with Gasteiger partial charge in [-0.3, -0.25) is 9.59 Å². The van der Waals surface area contributed by atoms with E-state index in [9.17, 15) is 9.59 Å². The number of aromatic nitrogens is 2. The van der Waals surface area contributed by atoms with Crippen molar-refractivity contribution < 1.29 is 14.0 Å². The molecule has 4 heterocycles. The van der Waals surface area contributed by atoms with Crippen LogP contribution in [-0.4, -0.2) is 26.7 Å². The van der Waals surface area contributed by atoms with Crippen molar-refractivity contribution in [3.63, 3.8) is 0 Å². The average molecular weight is 394 g/mol. The summed E-state index contributed by atoms with van der Waals surface area (Å²) in [7, 11) is 0. The van der Waals surface area contributed by atoms with Crippen LogP contribution >= 0.6 is 0 Å². The van der Waals surface area contributed by atoms with Gasteiger partial charge in [-0.1, -0.05) is 0 Å². The van der Waals surface area contributed by atoms with Gasteiger partial charge in [-0.15, -0.1) is 0 Å². The van der Waals surface area contributed by atoms with Crippen molar-refractivity contribution in [2.24, 2.45) is 0 Å². The van der Waals surface area contributed by atoms with Crippen molar-refractivity contribution in [2.45, 2.75) is 58.0 Å². The summed E-state index contributed by atoms with van der Waals surface area (Å²) in [6.45, 7) is 4.47. The fourth-order valence-corrected chi connectivity index (χ4v) is 4.12. The van der Waals surface area contributed by atoms with Crippen LogP contribution in [0.4, 0.5) is 0 Å². The van der Waals surface area contributed by atoms with Gasteiger partial charge in [0.05, 0.1) is 18.5 Å². The first-order valence-electron chi connectivity index (χ1n) is 9.98. The highest BCUT2D eigenvalue weighted by molar-refractivity contribution is 5.80. The molecule has 1 fully saturated rings. The average Bonchev–Trinajstić information content (AvgIpc) is 3.39. The Bertz CT molecular complexity index is 1040. The summed E-state index contributed by atoms with van der Waals surface area (Å²) in [6, 6.07) is 7.87. The molecule has 29 heavy (non-hydrogen) atoms. The monoisotopic (exact) mass is 394 g/mol. The second kappa shape index (κ2) is 7.73. The molecule has 1 unspecified atom stereocenters. The highest BCUT2D eigenvalue weighted by Crippen LogP contribution is 2.29. The van der Waals surface area contributed by atoms with Gasteiger partial charge in [-0.2, -0.15) is 0 Å². The summed E-state index contributed by atoms with van der Waals surface area (Å²) in [5.41, 5.74) is 3.58. The van der Waals surface area contributed by atoms with Gasteiger partial charge < -0.3 is 19.5 Å². The predicted molar refractivity (Wildman–Crippen MR) is 108 cm³/mol. The lowest BCUT2D eigenvalue weighted by Crippen LogP contribution is -2.44. The minimum Gasteiger partial charge on any atom is -0.469 e. The number of nitrogens with one attached hydrogen (secondary N) is 2. The Morgan fingerprint density at radius 3 is 2.97 bits per heavy atom. The van der Waals surface area contributed by atoms with Gasteiger partial charge in [0.15, 0.2) is 0 Å². The lowest BCUT2D eigenvalue weighted by atomic mass is 9.87. The van der Waals surface area contributed by atoms with E-state index in [4.69, 9.17) is 4.42 Å². The second-order valence-electron chi connectivity index (χ2n) is 8.00. The fraction of sp³-hybridized carbons (Fsp3) is 0.409. The number of rotatable bonds is 7. The minimum atomic E-state index is -0.413. The van der Waals surface area contributed by atoms with Crippen LogP contribution in [0.5, 0.6) is 0 Å². The summed E-state index contributed by atoms with van der Waals surface area (Å²) >= 11 is 0. The first-order chi connectivity index (χ1) is 13.9. The molecular weight excluding hydrogens is 368 g/mol. The molecular formula is C22H26N4O3. The standard InChI is InChI=1S/C22H26N4O3/c1-15-10-16(2)26-14-17(24-19(26)11-15)13-23-20(27)5-7-22(8-6-21(28)25-22)12-18-4-3-9-29-18/h3-4,9-11,14H,5-8,12-13H2,1-2H3,(H,23,27)(H,25,28). The normalized spacial score (nSPS) is 18.9. The van der Waals surface area contributed by atoms with Crippen molar-refractivity contribution in [1.29, 1.82) is 0 Å². The molecule has 0 aromatic carbocycles. The predicted octanol–water partition coefficient (Wildman–Crippen LogP) is 2.83. The van der Waals surface area contributed by atoms with E-state index < -0.39 is 5.54 Å². The number of fused-ring (bicyclic) bond motifs is 1. The van der Waals surface area contributed by atoms with Crippen LogP contribution in [0.15, 0.2) is 41.1 Å². The molecule has 2 N–H and O–H groups in total. The van der Waals surface area contributed by atoms with Crippen LogP contribution in [0.1, 0.15) is 48.4 Å². The van der Waals surface area contributed by atoms with Gasteiger partial charge >= 0.3 is 0 Å². The van der Waals surface area contributed by atoms with E-state index in [-0.39, 0.29) is 11.8 Å². The lowest BCUT2D eigenvalue weighted by molar-refractivity contribution is -0.123. The quantitative estimate of drug-likeness (QED) is 0.645. The minimum absolute atomic E-state index is 0.0346. The first-order valence-corrected chi connectivity index (χ1v) is 9.98. The van der Waals surface area contributed by atoms with Gasteiger partial charge in [0.25, 0.3) is 0 Å². The third-order valence-electron chi connectivity index (χ3n) is 5.58. The zero-order valence-corrected chi connectivity index (χ0v) is 16.8. The Labute approximate surface area is 169 Å². The summed E-state index contributed by atoms with van der Waals surface area (Å²) < 4.78 is 7.48. The molecule has 3 aromatic rings. The van der Waals surface area contributed by atoms with Crippen LogP contribution in [0.3, 0.4) is 0 Å². The number of imidazole rings is 1. The van der Waals surface area contributed by atoms with Crippen molar-refractivity contribution >= 4 is 17.5 Å². The smallest absolute Gasteiger partial charge is 0.220 e. The maximum Gasteiger partial charge on any atom is 0.220 e. The van der Waals surface area contributed by atoms with Crippen molar-refractivity contribution in [2.75, 3.05) is 0 Å². The second-order valence-corrected chi connectivity index (χ2v) is 8.00. The van der Waals surface area contributed by atoms with E-state index in [1.165, 1.54) is 0 Å². The Morgan fingerprint density at radius 2 is 2.24 bits per heavy atom.